The zero-order valence-electron chi connectivity index (χ0n) is 12.1. The smallest absolute Gasteiger partial charge is 0.223 e. The number of hydrogen-bond donors (Lipinski definition) is 1. The molecule has 0 bridgehead atoms. The van der Waals surface area contributed by atoms with Gasteiger partial charge in [-0.3, -0.25) is 4.79 Å². The van der Waals surface area contributed by atoms with Crippen molar-refractivity contribution in [1.82, 2.24) is 14.9 Å². The number of carbonyl (C=O) groups excluding carboxylic acids is 1. The van der Waals surface area contributed by atoms with E-state index in [1.165, 1.54) is 12.8 Å². The van der Waals surface area contributed by atoms with E-state index in [-0.39, 0.29) is 11.8 Å². The average molecular weight is 271 g/mol. The summed E-state index contributed by atoms with van der Waals surface area (Å²) in [4.78, 5) is 16.5. The molecule has 1 amide bonds. The number of nitrogens with zero attached hydrogens (tertiary/aromatic N) is 2. The van der Waals surface area contributed by atoms with Gasteiger partial charge in [0.25, 0.3) is 0 Å². The molecule has 1 saturated carbocycles. The van der Waals surface area contributed by atoms with Crippen LogP contribution in [0.2, 0.25) is 0 Å². The van der Waals surface area contributed by atoms with Gasteiger partial charge in [0.15, 0.2) is 0 Å². The number of fused-ring (bicyclic) bond motifs is 1. The van der Waals surface area contributed by atoms with Gasteiger partial charge in [-0.05, 0) is 37.5 Å². The average Bonchev–Trinajstić information content (AvgIpc) is 3.06. The first kappa shape index (κ1) is 13.2. The van der Waals surface area contributed by atoms with Crippen LogP contribution in [-0.2, 0) is 18.4 Å². The summed E-state index contributed by atoms with van der Waals surface area (Å²) in [6.45, 7) is 2.60. The fraction of sp³-hybridized carbons (Fsp3) is 0.500. The van der Waals surface area contributed by atoms with E-state index in [0.717, 1.165) is 35.3 Å². The highest BCUT2D eigenvalue weighted by molar-refractivity contribution is 5.79. The zero-order valence-corrected chi connectivity index (χ0v) is 12.1. The minimum Gasteiger partial charge on any atom is -0.352 e. The van der Waals surface area contributed by atoms with Gasteiger partial charge in [0.05, 0.1) is 11.0 Å². The third kappa shape index (κ3) is 2.42. The summed E-state index contributed by atoms with van der Waals surface area (Å²) in [5, 5.41) is 3.05. The van der Waals surface area contributed by atoms with Crippen LogP contribution < -0.4 is 5.32 Å². The molecule has 0 aliphatic heterocycles. The van der Waals surface area contributed by atoms with Crippen molar-refractivity contribution in [3.05, 3.63) is 29.6 Å². The molecule has 1 fully saturated rings. The second-order valence-corrected chi connectivity index (χ2v) is 5.74. The van der Waals surface area contributed by atoms with Crippen molar-refractivity contribution in [1.29, 1.82) is 0 Å². The number of rotatable bonds is 3. The van der Waals surface area contributed by atoms with Crippen molar-refractivity contribution >= 4 is 16.9 Å². The number of nitrogens with one attached hydrogen (secondary N) is 1. The van der Waals surface area contributed by atoms with Crippen LogP contribution in [0.1, 0.15) is 37.1 Å². The van der Waals surface area contributed by atoms with E-state index in [1.807, 2.05) is 14.0 Å². The highest BCUT2D eigenvalue weighted by Gasteiger charge is 2.22. The van der Waals surface area contributed by atoms with Crippen molar-refractivity contribution in [2.75, 3.05) is 0 Å². The van der Waals surface area contributed by atoms with Gasteiger partial charge < -0.3 is 9.88 Å². The molecule has 20 heavy (non-hydrogen) atoms. The van der Waals surface area contributed by atoms with Crippen LogP contribution in [0.5, 0.6) is 0 Å². The lowest BCUT2D eigenvalue weighted by atomic mass is 10.1. The first-order chi connectivity index (χ1) is 9.65. The quantitative estimate of drug-likeness (QED) is 0.933. The molecular formula is C16H21N3O. The van der Waals surface area contributed by atoms with E-state index >= 15 is 0 Å². The van der Waals surface area contributed by atoms with E-state index in [0.29, 0.717) is 6.54 Å². The number of aryl methyl sites for hydroxylation is 2. The Kier molecular flexibility index (Phi) is 3.47. The molecular weight excluding hydrogens is 250 g/mol. The van der Waals surface area contributed by atoms with Crippen LogP contribution in [0.4, 0.5) is 0 Å². The molecule has 1 aromatic heterocycles. The minimum absolute atomic E-state index is 0.208. The number of aromatic nitrogens is 2. The van der Waals surface area contributed by atoms with E-state index in [1.54, 1.807) is 0 Å². The lowest BCUT2D eigenvalue weighted by Crippen LogP contribution is -2.28. The normalized spacial score (nSPS) is 15.9. The van der Waals surface area contributed by atoms with Crippen LogP contribution in [0.25, 0.3) is 11.0 Å². The number of carbonyl (C=O) groups is 1. The number of amides is 1. The van der Waals surface area contributed by atoms with Gasteiger partial charge in [-0.1, -0.05) is 18.9 Å². The van der Waals surface area contributed by atoms with Crippen molar-refractivity contribution in [3.8, 4) is 0 Å². The molecule has 106 valence electrons. The Labute approximate surface area is 119 Å². The standard InChI is InChI=1S/C16H21N3O/c1-11-18-14-9-12(7-8-15(14)19(11)2)10-17-16(20)13-5-3-4-6-13/h7-9,13H,3-6,10H2,1-2H3,(H,17,20). The van der Waals surface area contributed by atoms with Crippen LogP contribution in [0.15, 0.2) is 18.2 Å². The molecule has 0 spiro atoms. The second-order valence-electron chi connectivity index (χ2n) is 5.74. The summed E-state index contributed by atoms with van der Waals surface area (Å²) in [5.41, 5.74) is 3.24. The molecule has 0 unspecified atom stereocenters. The van der Waals surface area contributed by atoms with E-state index in [4.69, 9.17) is 0 Å². The predicted molar refractivity (Wildman–Crippen MR) is 79.3 cm³/mol. The Morgan fingerprint density at radius 1 is 1.40 bits per heavy atom. The van der Waals surface area contributed by atoms with Gasteiger partial charge in [-0.2, -0.15) is 0 Å². The lowest BCUT2D eigenvalue weighted by molar-refractivity contribution is -0.124. The maximum atomic E-state index is 12.0. The molecule has 1 aliphatic rings. The third-order valence-electron chi connectivity index (χ3n) is 4.36. The second kappa shape index (κ2) is 5.27. The van der Waals surface area contributed by atoms with Crippen LogP contribution >= 0.6 is 0 Å². The van der Waals surface area contributed by atoms with Gasteiger partial charge in [0, 0.05) is 19.5 Å². The van der Waals surface area contributed by atoms with Crippen LogP contribution in [0, 0.1) is 12.8 Å². The van der Waals surface area contributed by atoms with E-state index in [2.05, 4.69) is 33.1 Å². The molecule has 1 N–H and O–H groups in total. The van der Waals surface area contributed by atoms with Crippen LogP contribution in [0.3, 0.4) is 0 Å². The molecule has 0 saturated heterocycles. The molecule has 1 aliphatic carbocycles. The Morgan fingerprint density at radius 3 is 2.90 bits per heavy atom. The topological polar surface area (TPSA) is 46.9 Å². The summed E-state index contributed by atoms with van der Waals surface area (Å²) < 4.78 is 2.08. The summed E-state index contributed by atoms with van der Waals surface area (Å²) in [7, 11) is 2.02. The molecule has 3 rings (SSSR count). The van der Waals surface area contributed by atoms with Crippen molar-refractivity contribution < 1.29 is 4.79 Å². The van der Waals surface area contributed by atoms with Crippen molar-refractivity contribution in [3.63, 3.8) is 0 Å². The zero-order chi connectivity index (χ0) is 14.1. The fourth-order valence-corrected chi connectivity index (χ4v) is 3.00. The summed E-state index contributed by atoms with van der Waals surface area (Å²) in [6, 6.07) is 6.21. The number of hydrogen-bond acceptors (Lipinski definition) is 2. The summed E-state index contributed by atoms with van der Waals surface area (Å²) in [6.07, 6.45) is 4.48. The lowest BCUT2D eigenvalue weighted by Gasteiger charge is -2.10. The Balaban J connectivity index is 1.69. The van der Waals surface area contributed by atoms with Gasteiger partial charge in [-0.25, -0.2) is 4.98 Å². The minimum atomic E-state index is 0.208. The molecule has 1 heterocycles. The monoisotopic (exact) mass is 271 g/mol. The van der Waals surface area contributed by atoms with Crippen molar-refractivity contribution in [2.45, 2.75) is 39.2 Å². The summed E-state index contributed by atoms with van der Waals surface area (Å²) >= 11 is 0. The fourth-order valence-electron chi connectivity index (χ4n) is 3.00. The maximum Gasteiger partial charge on any atom is 0.223 e. The first-order valence-electron chi connectivity index (χ1n) is 7.35. The molecule has 0 radical (unpaired) electrons. The number of imidazole rings is 1. The van der Waals surface area contributed by atoms with Crippen LogP contribution in [-0.4, -0.2) is 15.5 Å². The van der Waals surface area contributed by atoms with Gasteiger partial charge in [-0.15, -0.1) is 0 Å². The molecule has 4 heteroatoms. The highest BCUT2D eigenvalue weighted by Crippen LogP contribution is 2.24. The number of benzene rings is 1. The molecule has 4 nitrogen and oxygen atoms in total. The molecule has 2 aromatic rings. The predicted octanol–water partition coefficient (Wildman–Crippen LogP) is 2.69. The largest absolute Gasteiger partial charge is 0.352 e. The highest BCUT2D eigenvalue weighted by atomic mass is 16.1. The molecule has 0 atom stereocenters. The summed E-state index contributed by atoms with van der Waals surface area (Å²) in [5.74, 6) is 1.45. The van der Waals surface area contributed by atoms with Gasteiger partial charge in [0.1, 0.15) is 5.82 Å². The van der Waals surface area contributed by atoms with E-state index in [9.17, 15) is 4.79 Å². The Morgan fingerprint density at radius 2 is 2.15 bits per heavy atom. The van der Waals surface area contributed by atoms with Gasteiger partial charge in [0.2, 0.25) is 5.91 Å². The molecule has 1 aromatic carbocycles. The van der Waals surface area contributed by atoms with Gasteiger partial charge >= 0.3 is 0 Å². The Hall–Kier alpha value is -1.84. The maximum absolute atomic E-state index is 12.0. The first-order valence-corrected chi connectivity index (χ1v) is 7.35. The SMILES string of the molecule is Cc1nc2cc(CNC(=O)C3CCCC3)ccc2n1C. The third-order valence-corrected chi connectivity index (χ3v) is 4.36. The van der Waals surface area contributed by atoms with E-state index < -0.39 is 0 Å². The van der Waals surface area contributed by atoms with Crippen molar-refractivity contribution in [2.24, 2.45) is 13.0 Å². The Bertz CT molecular complexity index is 638.